The van der Waals surface area contributed by atoms with Crippen LogP contribution in [0.15, 0.2) is 0 Å². The zero-order chi connectivity index (χ0) is 8.72. The van der Waals surface area contributed by atoms with Crippen LogP contribution in [0.3, 0.4) is 0 Å². The molecule has 12 heavy (non-hydrogen) atoms. The Hall–Kier alpha value is -0.0400. The average molecular weight is 168 g/mol. The summed E-state index contributed by atoms with van der Waals surface area (Å²) < 4.78 is 0. The van der Waals surface area contributed by atoms with E-state index in [0.717, 1.165) is 24.2 Å². The molecule has 0 aromatic carbocycles. The van der Waals surface area contributed by atoms with Gasteiger partial charge in [0.05, 0.1) is 6.10 Å². The van der Waals surface area contributed by atoms with Crippen LogP contribution in [-0.4, -0.2) is 11.2 Å². The maximum absolute atomic E-state index is 9.70. The molecule has 0 bridgehead atoms. The fraction of sp³-hybridized carbons (Fsp3) is 1.00. The number of aliphatic hydroxyl groups excluding tert-OH is 1. The van der Waals surface area contributed by atoms with Gasteiger partial charge in [-0.3, -0.25) is 0 Å². The van der Waals surface area contributed by atoms with Crippen molar-refractivity contribution < 1.29 is 5.11 Å². The topological polar surface area (TPSA) is 20.2 Å². The van der Waals surface area contributed by atoms with E-state index in [2.05, 4.69) is 13.8 Å². The van der Waals surface area contributed by atoms with Gasteiger partial charge in [0, 0.05) is 0 Å². The van der Waals surface area contributed by atoms with Crippen LogP contribution in [0, 0.1) is 23.7 Å². The number of rotatable bonds is 1. The summed E-state index contributed by atoms with van der Waals surface area (Å²) >= 11 is 0. The van der Waals surface area contributed by atoms with Crippen LogP contribution in [0.4, 0.5) is 0 Å². The van der Waals surface area contributed by atoms with Crippen molar-refractivity contribution in [1.29, 1.82) is 0 Å². The molecule has 0 amide bonds. The van der Waals surface area contributed by atoms with Crippen molar-refractivity contribution in [2.24, 2.45) is 23.7 Å². The average Bonchev–Trinajstić information content (AvgIpc) is 2.53. The van der Waals surface area contributed by atoms with Crippen molar-refractivity contribution >= 4 is 0 Å². The third-order valence-corrected chi connectivity index (χ3v) is 4.08. The van der Waals surface area contributed by atoms with Crippen molar-refractivity contribution in [3.8, 4) is 0 Å². The largest absolute Gasteiger partial charge is 0.393 e. The Balaban J connectivity index is 2.05. The van der Waals surface area contributed by atoms with E-state index in [1.54, 1.807) is 0 Å². The molecule has 0 heterocycles. The second-order valence-electron chi connectivity index (χ2n) is 4.96. The highest BCUT2D eigenvalue weighted by molar-refractivity contribution is 4.94. The third-order valence-electron chi connectivity index (χ3n) is 4.08. The maximum Gasteiger partial charge on any atom is 0.0571 e. The zero-order valence-corrected chi connectivity index (χ0v) is 8.16. The highest BCUT2D eigenvalue weighted by Crippen LogP contribution is 2.50. The maximum atomic E-state index is 9.70. The molecule has 0 saturated heterocycles. The summed E-state index contributed by atoms with van der Waals surface area (Å²) in [5.41, 5.74) is 0. The van der Waals surface area contributed by atoms with E-state index in [4.69, 9.17) is 0 Å². The lowest BCUT2D eigenvalue weighted by Crippen LogP contribution is -2.18. The molecule has 2 rings (SSSR count). The van der Waals surface area contributed by atoms with E-state index in [-0.39, 0.29) is 6.10 Å². The molecule has 1 nitrogen and oxygen atoms in total. The van der Waals surface area contributed by atoms with Gasteiger partial charge in [0.1, 0.15) is 0 Å². The predicted molar refractivity (Wildman–Crippen MR) is 49.8 cm³/mol. The van der Waals surface area contributed by atoms with Gasteiger partial charge in [-0.15, -0.1) is 0 Å². The Morgan fingerprint density at radius 1 is 1.00 bits per heavy atom. The summed E-state index contributed by atoms with van der Waals surface area (Å²) in [5, 5.41) is 9.70. The van der Waals surface area contributed by atoms with Gasteiger partial charge < -0.3 is 5.11 Å². The van der Waals surface area contributed by atoms with Crippen LogP contribution >= 0.6 is 0 Å². The van der Waals surface area contributed by atoms with Gasteiger partial charge in [-0.05, 0) is 49.4 Å². The third kappa shape index (κ3) is 1.19. The Kier molecular flexibility index (Phi) is 2.16. The number of hydrogen-bond acceptors (Lipinski definition) is 1. The van der Waals surface area contributed by atoms with E-state index in [1.807, 2.05) is 0 Å². The summed E-state index contributed by atoms with van der Waals surface area (Å²) in [6, 6.07) is 0. The van der Waals surface area contributed by atoms with Gasteiger partial charge in [-0.25, -0.2) is 0 Å². The van der Waals surface area contributed by atoms with Crippen molar-refractivity contribution in [2.75, 3.05) is 0 Å². The van der Waals surface area contributed by atoms with Crippen LogP contribution in [0.2, 0.25) is 0 Å². The van der Waals surface area contributed by atoms with Gasteiger partial charge in [-0.2, -0.15) is 0 Å². The molecule has 4 unspecified atom stereocenters. The van der Waals surface area contributed by atoms with Crippen molar-refractivity contribution in [3.63, 3.8) is 0 Å². The van der Waals surface area contributed by atoms with Gasteiger partial charge in [0.2, 0.25) is 0 Å². The molecule has 0 radical (unpaired) electrons. The van der Waals surface area contributed by atoms with Crippen LogP contribution in [0.1, 0.15) is 39.5 Å². The Morgan fingerprint density at radius 3 is 2.33 bits per heavy atom. The second-order valence-corrected chi connectivity index (χ2v) is 4.96. The van der Waals surface area contributed by atoms with Crippen molar-refractivity contribution in [3.05, 3.63) is 0 Å². The summed E-state index contributed by atoms with van der Waals surface area (Å²) in [7, 11) is 0. The lowest BCUT2D eigenvalue weighted by Gasteiger charge is -2.22. The molecule has 1 heteroatoms. The van der Waals surface area contributed by atoms with Crippen LogP contribution in [-0.2, 0) is 0 Å². The predicted octanol–water partition coefficient (Wildman–Crippen LogP) is 2.44. The highest BCUT2D eigenvalue weighted by atomic mass is 16.3. The standard InChI is InChI=1S/C11H20O/c1-7(2)8-3-4-10-9(8)5-6-11(10)12/h7-12H,3-6H2,1-2H3. The van der Waals surface area contributed by atoms with E-state index in [1.165, 1.54) is 19.3 Å². The van der Waals surface area contributed by atoms with Crippen molar-refractivity contribution in [2.45, 2.75) is 45.6 Å². The lowest BCUT2D eigenvalue weighted by atomic mass is 9.84. The first-order chi connectivity index (χ1) is 5.70. The van der Waals surface area contributed by atoms with Gasteiger partial charge in [0.15, 0.2) is 0 Å². The lowest BCUT2D eigenvalue weighted by molar-refractivity contribution is 0.121. The molecule has 0 aromatic rings. The molecule has 2 aliphatic carbocycles. The monoisotopic (exact) mass is 168 g/mol. The minimum Gasteiger partial charge on any atom is -0.393 e. The van der Waals surface area contributed by atoms with Crippen LogP contribution < -0.4 is 0 Å². The minimum atomic E-state index is 0.0405. The van der Waals surface area contributed by atoms with E-state index < -0.39 is 0 Å². The Labute approximate surface area is 75.2 Å². The van der Waals surface area contributed by atoms with E-state index >= 15 is 0 Å². The molecule has 0 spiro atoms. The molecule has 2 fully saturated rings. The quantitative estimate of drug-likeness (QED) is 0.637. The number of aliphatic hydroxyl groups is 1. The summed E-state index contributed by atoms with van der Waals surface area (Å²) in [6.07, 6.45) is 5.05. The molecule has 2 aliphatic rings. The number of hydrogen-bond donors (Lipinski definition) is 1. The molecule has 1 N–H and O–H groups in total. The molecular weight excluding hydrogens is 148 g/mol. The first-order valence-electron chi connectivity index (χ1n) is 5.38. The highest BCUT2D eigenvalue weighted by Gasteiger charge is 2.44. The first-order valence-corrected chi connectivity index (χ1v) is 5.38. The molecule has 2 saturated carbocycles. The zero-order valence-electron chi connectivity index (χ0n) is 8.16. The molecule has 70 valence electrons. The van der Waals surface area contributed by atoms with Crippen molar-refractivity contribution in [1.82, 2.24) is 0 Å². The SMILES string of the molecule is CC(C)C1CCC2C(O)CCC12. The molecule has 0 aromatic heterocycles. The molecule has 4 atom stereocenters. The molecular formula is C11H20O. The number of fused-ring (bicyclic) bond motifs is 1. The fourth-order valence-corrected chi connectivity index (χ4v) is 3.44. The van der Waals surface area contributed by atoms with Crippen LogP contribution in [0.25, 0.3) is 0 Å². The van der Waals surface area contributed by atoms with Gasteiger partial charge >= 0.3 is 0 Å². The summed E-state index contributed by atoms with van der Waals surface area (Å²) in [6.45, 7) is 4.66. The van der Waals surface area contributed by atoms with Crippen LogP contribution in [0.5, 0.6) is 0 Å². The van der Waals surface area contributed by atoms with Gasteiger partial charge in [0.25, 0.3) is 0 Å². The minimum absolute atomic E-state index is 0.0405. The van der Waals surface area contributed by atoms with E-state index in [9.17, 15) is 5.11 Å². The summed E-state index contributed by atoms with van der Waals surface area (Å²) in [5.74, 6) is 3.26. The second kappa shape index (κ2) is 3.02. The summed E-state index contributed by atoms with van der Waals surface area (Å²) in [4.78, 5) is 0. The van der Waals surface area contributed by atoms with E-state index in [0.29, 0.717) is 5.92 Å². The Morgan fingerprint density at radius 2 is 1.67 bits per heavy atom. The van der Waals surface area contributed by atoms with Gasteiger partial charge in [-0.1, -0.05) is 13.8 Å². The smallest absolute Gasteiger partial charge is 0.0571 e. The first kappa shape index (κ1) is 8.55. The molecule has 0 aliphatic heterocycles. The normalized spacial score (nSPS) is 47.0. The Bertz CT molecular complexity index is 164. The fourth-order valence-electron chi connectivity index (χ4n) is 3.44.